The van der Waals surface area contributed by atoms with E-state index in [9.17, 15) is 4.21 Å². The molecule has 2 fully saturated rings. The molecular weight excluding hydrogens is 182 g/mol. The first-order valence-corrected chi connectivity index (χ1v) is 6.64. The van der Waals surface area contributed by atoms with E-state index in [1.807, 2.05) is 7.05 Å². The first kappa shape index (κ1) is 9.66. The van der Waals surface area contributed by atoms with Crippen LogP contribution in [0.1, 0.15) is 32.1 Å². The van der Waals surface area contributed by atoms with E-state index in [-0.39, 0.29) is 0 Å². The molecule has 0 amide bonds. The Balaban J connectivity index is 2.04. The average molecular weight is 201 g/mol. The van der Waals surface area contributed by atoms with E-state index < -0.39 is 11.0 Å². The summed E-state index contributed by atoms with van der Waals surface area (Å²) in [4.78, 5) is 0. The van der Waals surface area contributed by atoms with Gasteiger partial charge in [0.25, 0.3) is 0 Å². The molecule has 3 heteroatoms. The van der Waals surface area contributed by atoms with Gasteiger partial charge in [-0.3, -0.25) is 0 Å². The molecule has 0 aromatic carbocycles. The Morgan fingerprint density at radius 2 is 1.85 bits per heavy atom. The lowest BCUT2D eigenvalue weighted by molar-refractivity contribution is 0.214. The zero-order valence-electron chi connectivity index (χ0n) is 8.37. The van der Waals surface area contributed by atoms with Crippen molar-refractivity contribution in [1.29, 1.82) is 0 Å². The van der Waals surface area contributed by atoms with Crippen molar-refractivity contribution in [3.63, 3.8) is 0 Å². The molecule has 76 valence electrons. The van der Waals surface area contributed by atoms with E-state index in [1.165, 1.54) is 32.1 Å². The van der Waals surface area contributed by atoms with Gasteiger partial charge in [0.05, 0.1) is 11.0 Å². The molecule has 2 rings (SSSR count). The summed E-state index contributed by atoms with van der Waals surface area (Å²) in [6.07, 6.45) is 6.74. The van der Waals surface area contributed by atoms with Crippen LogP contribution in [0.5, 0.6) is 0 Å². The van der Waals surface area contributed by atoms with Gasteiger partial charge < -0.3 is 0 Å². The number of fused-ring (bicyclic) bond motifs is 1. The summed E-state index contributed by atoms with van der Waals surface area (Å²) in [5, 5.41) is 0. The Morgan fingerprint density at radius 3 is 2.62 bits per heavy atom. The normalized spacial score (nSPS) is 42.4. The second-order valence-electron chi connectivity index (χ2n) is 4.43. The molecule has 0 bridgehead atoms. The molecule has 3 atom stereocenters. The monoisotopic (exact) mass is 201 g/mol. The topological polar surface area (TPSA) is 20.3 Å². The molecule has 1 aliphatic heterocycles. The second-order valence-corrected chi connectivity index (χ2v) is 6.10. The van der Waals surface area contributed by atoms with E-state index in [1.54, 1.807) is 0 Å². The fraction of sp³-hybridized carbons (Fsp3) is 1.00. The molecule has 0 spiro atoms. The lowest BCUT2D eigenvalue weighted by atomic mass is 9.78. The lowest BCUT2D eigenvalue weighted by Gasteiger charge is -2.30. The number of hydrogen-bond acceptors (Lipinski definition) is 1. The Labute approximate surface area is 83.3 Å². The van der Waals surface area contributed by atoms with Gasteiger partial charge in [0.2, 0.25) is 0 Å². The SMILES string of the molecule is CN1CC2CCCCC2CCS1=O. The Kier molecular flexibility index (Phi) is 3.04. The van der Waals surface area contributed by atoms with Crippen molar-refractivity contribution in [3.8, 4) is 0 Å². The summed E-state index contributed by atoms with van der Waals surface area (Å²) < 4.78 is 13.6. The average Bonchev–Trinajstić information content (AvgIpc) is 2.28. The van der Waals surface area contributed by atoms with Gasteiger partial charge in [-0.25, -0.2) is 8.51 Å². The summed E-state index contributed by atoms with van der Waals surface area (Å²) in [5.41, 5.74) is 0. The predicted octanol–water partition coefficient (Wildman–Crippen LogP) is 1.79. The highest BCUT2D eigenvalue weighted by Crippen LogP contribution is 2.34. The Hall–Kier alpha value is 0.110. The standard InChI is InChI=1S/C10H19NOS/c1-11-8-10-5-3-2-4-9(10)6-7-13(11)12/h9-10H,2-8H2,1H3. The van der Waals surface area contributed by atoms with Crippen LogP contribution < -0.4 is 0 Å². The fourth-order valence-corrected chi connectivity index (χ4v) is 3.90. The molecule has 0 radical (unpaired) electrons. The minimum absolute atomic E-state index is 0.686. The summed E-state index contributed by atoms with van der Waals surface area (Å²) in [6, 6.07) is 0. The van der Waals surface area contributed by atoms with E-state index >= 15 is 0 Å². The van der Waals surface area contributed by atoms with Crippen LogP contribution in [-0.2, 0) is 11.0 Å². The van der Waals surface area contributed by atoms with Crippen molar-refractivity contribution in [2.75, 3.05) is 19.3 Å². The third-order valence-corrected chi connectivity index (χ3v) is 5.00. The zero-order chi connectivity index (χ0) is 9.26. The number of nitrogens with zero attached hydrogens (tertiary/aromatic N) is 1. The molecule has 2 aliphatic rings. The number of rotatable bonds is 0. The molecule has 1 saturated heterocycles. The Bertz CT molecular complexity index is 207. The highest BCUT2D eigenvalue weighted by atomic mass is 32.2. The summed E-state index contributed by atoms with van der Waals surface area (Å²) in [7, 11) is 1.32. The van der Waals surface area contributed by atoms with Crippen molar-refractivity contribution < 1.29 is 4.21 Å². The molecule has 1 heterocycles. The molecule has 0 N–H and O–H groups in total. The molecule has 1 saturated carbocycles. The number of hydrogen-bond donors (Lipinski definition) is 0. The van der Waals surface area contributed by atoms with Crippen LogP contribution in [0.15, 0.2) is 0 Å². The van der Waals surface area contributed by atoms with Gasteiger partial charge in [0.1, 0.15) is 0 Å². The van der Waals surface area contributed by atoms with Crippen LogP contribution in [0.4, 0.5) is 0 Å². The van der Waals surface area contributed by atoms with E-state index in [0.29, 0.717) is 0 Å². The van der Waals surface area contributed by atoms with Crippen molar-refractivity contribution in [3.05, 3.63) is 0 Å². The minimum atomic E-state index is -0.686. The smallest absolute Gasteiger partial charge is 0.0940 e. The molecule has 0 aromatic rings. The quantitative estimate of drug-likeness (QED) is 0.585. The van der Waals surface area contributed by atoms with Gasteiger partial charge in [-0.2, -0.15) is 0 Å². The van der Waals surface area contributed by atoms with E-state index in [0.717, 1.165) is 24.1 Å². The van der Waals surface area contributed by atoms with Crippen LogP contribution in [0.25, 0.3) is 0 Å². The highest BCUT2D eigenvalue weighted by molar-refractivity contribution is 7.82. The lowest BCUT2D eigenvalue weighted by Crippen LogP contribution is -2.29. The molecule has 3 unspecified atom stereocenters. The van der Waals surface area contributed by atoms with Crippen LogP contribution in [0, 0.1) is 11.8 Å². The largest absolute Gasteiger partial charge is 0.243 e. The van der Waals surface area contributed by atoms with Gasteiger partial charge >= 0.3 is 0 Å². The van der Waals surface area contributed by atoms with Gasteiger partial charge in [-0.1, -0.05) is 19.3 Å². The maximum absolute atomic E-state index is 11.6. The van der Waals surface area contributed by atoms with Crippen LogP contribution >= 0.6 is 0 Å². The fourth-order valence-electron chi connectivity index (χ4n) is 2.73. The second kappa shape index (κ2) is 4.09. The zero-order valence-corrected chi connectivity index (χ0v) is 9.18. The van der Waals surface area contributed by atoms with Crippen molar-refractivity contribution >= 4 is 11.0 Å². The first-order valence-electron chi connectivity index (χ1n) is 5.37. The van der Waals surface area contributed by atoms with Crippen molar-refractivity contribution in [1.82, 2.24) is 4.31 Å². The van der Waals surface area contributed by atoms with Gasteiger partial charge in [-0.05, 0) is 31.7 Å². The van der Waals surface area contributed by atoms with Gasteiger partial charge in [0.15, 0.2) is 0 Å². The molecule has 13 heavy (non-hydrogen) atoms. The first-order chi connectivity index (χ1) is 6.27. The predicted molar refractivity (Wildman–Crippen MR) is 55.7 cm³/mol. The van der Waals surface area contributed by atoms with Crippen LogP contribution in [-0.4, -0.2) is 27.9 Å². The van der Waals surface area contributed by atoms with Crippen LogP contribution in [0.3, 0.4) is 0 Å². The van der Waals surface area contributed by atoms with Gasteiger partial charge in [0, 0.05) is 12.3 Å². The molecule has 0 aromatic heterocycles. The maximum atomic E-state index is 11.6. The maximum Gasteiger partial charge on any atom is 0.0940 e. The van der Waals surface area contributed by atoms with E-state index in [4.69, 9.17) is 0 Å². The minimum Gasteiger partial charge on any atom is -0.243 e. The Morgan fingerprint density at radius 1 is 1.15 bits per heavy atom. The highest BCUT2D eigenvalue weighted by Gasteiger charge is 2.30. The third-order valence-electron chi connectivity index (χ3n) is 3.57. The molecular formula is C10H19NOS. The van der Waals surface area contributed by atoms with Crippen molar-refractivity contribution in [2.45, 2.75) is 32.1 Å². The molecule has 1 aliphatic carbocycles. The van der Waals surface area contributed by atoms with Gasteiger partial charge in [-0.15, -0.1) is 0 Å². The van der Waals surface area contributed by atoms with Crippen molar-refractivity contribution in [2.24, 2.45) is 11.8 Å². The summed E-state index contributed by atoms with van der Waals surface area (Å²) in [6.45, 7) is 1.07. The summed E-state index contributed by atoms with van der Waals surface area (Å²) >= 11 is 0. The van der Waals surface area contributed by atoms with E-state index in [2.05, 4.69) is 4.31 Å². The van der Waals surface area contributed by atoms with Crippen LogP contribution in [0.2, 0.25) is 0 Å². The molecule has 2 nitrogen and oxygen atoms in total. The third kappa shape index (κ3) is 2.13. The summed E-state index contributed by atoms with van der Waals surface area (Å²) in [5.74, 6) is 2.62.